The molecule has 0 aliphatic rings. The van der Waals surface area contributed by atoms with Gasteiger partial charge in [-0.15, -0.1) is 0 Å². The lowest BCUT2D eigenvalue weighted by molar-refractivity contribution is 0.701. The fraction of sp³-hybridized carbons (Fsp3) is 0.444. The summed E-state index contributed by atoms with van der Waals surface area (Å²) in [6.45, 7) is 1.92. The Morgan fingerprint density at radius 2 is 2.38 bits per heavy atom. The van der Waals surface area contributed by atoms with E-state index < -0.39 is 0 Å². The van der Waals surface area contributed by atoms with Gasteiger partial charge in [-0.05, 0) is 13.3 Å². The summed E-state index contributed by atoms with van der Waals surface area (Å²) in [6.07, 6.45) is 2.32. The molecule has 0 aliphatic heterocycles. The number of hydrogen-bond donors (Lipinski definition) is 1. The SMILES string of the molecule is Cc1nn(C)c(Cl)c1CC(N)c1cnsn1. The predicted octanol–water partition coefficient (Wildman–Crippen LogP) is 1.48. The van der Waals surface area contributed by atoms with Crippen molar-refractivity contribution in [2.75, 3.05) is 0 Å². The monoisotopic (exact) mass is 257 g/mol. The molecule has 2 heterocycles. The zero-order valence-corrected chi connectivity index (χ0v) is 10.6. The van der Waals surface area contributed by atoms with Gasteiger partial charge in [0.1, 0.15) is 5.15 Å². The van der Waals surface area contributed by atoms with E-state index in [0.717, 1.165) is 28.7 Å². The smallest absolute Gasteiger partial charge is 0.130 e. The van der Waals surface area contributed by atoms with E-state index in [1.54, 1.807) is 10.9 Å². The highest BCUT2D eigenvalue weighted by Gasteiger charge is 2.17. The summed E-state index contributed by atoms with van der Waals surface area (Å²) in [5.41, 5.74) is 8.71. The summed E-state index contributed by atoms with van der Waals surface area (Å²) < 4.78 is 9.70. The van der Waals surface area contributed by atoms with Crippen LogP contribution in [0.3, 0.4) is 0 Å². The van der Waals surface area contributed by atoms with Crippen LogP contribution in [0.2, 0.25) is 5.15 Å². The normalized spacial score (nSPS) is 13.0. The van der Waals surface area contributed by atoms with E-state index in [4.69, 9.17) is 17.3 Å². The molecular formula is C9H12ClN5S. The fourth-order valence-electron chi connectivity index (χ4n) is 1.57. The first-order valence-corrected chi connectivity index (χ1v) is 5.91. The Kier molecular flexibility index (Phi) is 3.22. The molecule has 2 aromatic heterocycles. The van der Waals surface area contributed by atoms with Gasteiger partial charge in [0, 0.05) is 12.6 Å². The van der Waals surface area contributed by atoms with Crippen LogP contribution in [0.25, 0.3) is 0 Å². The number of rotatable bonds is 3. The van der Waals surface area contributed by atoms with Gasteiger partial charge in [0.2, 0.25) is 0 Å². The minimum absolute atomic E-state index is 0.181. The summed E-state index contributed by atoms with van der Waals surface area (Å²) >= 11 is 7.29. The Hall–Kier alpha value is -0.980. The van der Waals surface area contributed by atoms with Gasteiger partial charge in [0.25, 0.3) is 0 Å². The van der Waals surface area contributed by atoms with E-state index in [1.807, 2.05) is 14.0 Å². The molecule has 0 aromatic carbocycles. The zero-order valence-electron chi connectivity index (χ0n) is 9.01. The van der Waals surface area contributed by atoms with Gasteiger partial charge in [-0.25, -0.2) is 0 Å². The highest BCUT2D eigenvalue weighted by molar-refractivity contribution is 6.99. The number of aromatic nitrogens is 4. The average Bonchev–Trinajstić information content (AvgIpc) is 2.83. The molecule has 0 aliphatic carbocycles. The summed E-state index contributed by atoms with van der Waals surface area (Å²) in [4.78, 5) is 0. The first-order chi connectivity index (χ1) is 7.59. The Labute approximate surface area is 103 Å². The molecule has 0 spiro atoms. The standard InChI is InChI=1S/C9H12ClN5S/c1-5-6(9(10)15(2)13-5)3-7(11)8-4-12-16-14-8/h4,7H,3,11H2,1-2H3. The maximum Gasteiger partial charge on any atom is 0.130 e. The summed E-state index contributed by atoms with van der Waals surface area (Å²) in [7, 11) is 1.81. The first kappa shape index (κ1) is 11.5. The lowest BCUT2D eigenvalue weighted by Crippen LogP contribution is -2.14. The van der Waals surface area contributed by atoms with Crippen LogP contribution in [0.5, 0.6) is 0 Å². The van der Waals surface area contributed by atoms with Crippen molar-refractivity contribution in [1.29, 1.82) is 0 Å². The molecule has 2 N–H and O–H groups in total. The highest BCUT2D eigenvalue weighted by atomic mass is 35.5. The first-order valence-electron chi connectivity index (χ1n) is 4.80. The lowest BCUT2D eigenvalue weighted by atomic mass is 10.1. The molecule has 0 saturated carbocycles. The molecule has 7 heteroatoms. The number of hydrogen-bond acceptors (Lipinski definition) is 5. The molecular weight excluding hydrogens is 246 g/mol. The second kappa shape index (κ2) is 4.48. The maximum atomic E-state index is 6.13. The van der Waals surface area contributed by atoms with Crippen LogP contribution in [0, 0.1) is 6.92 Å². The van der Waals surface area contributed by atoms with Gasteiger partial charge in [-0.1, -0.05) is 11.6 Å². The third kappa shape index (κ3) is 2.09. The van der Waals surface area contributed by atoms with Crippen molar-refractivity contribution >= 4 is 23.3 Å². The van der Waals surface area contributed by atoms with Crippen LogP contribution in [0.1, 0.15) is 23.0 Å². The van der Waals surface area contributed by atoms with E-state index in [-0.39, 0.29) is 6.04 Å². The Morgan fingerprint density at radius 3 is 2.88 bits per heavy atom. The van der Waals surface area contributed by atoms with E-state index in [1.165, 1.54) is 0 Å². The van der Waals surface area contributed by atoms with Gasteiger partial charge in [-0.3, -0.25) is 4.68 Å². The highest BCUT2D eigenvalue weighted by Crippen LogP contribution is 2.23. The Balaban J connectivity index is 2.21. The van der Waals surface area contributed by atoms with Gasteiger partial charge < -0.3 is 5.73 Å². The third-order valence-corrected chi connectivity index (χ3v) is 3.42. The molecule has 1 unspecified atom stereocenters. The molecule has 5 nitrogen and oxygen atoms in total. The summed E-state index contributed by atoms with van der Waals surface area (Å²) in [6, 6.07) is -0.181. The van der Waals surface area contributed by atoms with Crippen molar-refractivity contribution in [1.82, 2.24) is 18.5 Å². The van der Waals surface area contributed by atoms with Crippen molar-refractivity contribution in [3.63, 3.8) is 0 Å². The molecule has 16 heavy (non-hydrogen) atoms. The molecule has 2 aromatic rings. The van der Waals surface area contributed by atoms with Crippen molar-refractivity contribution in [2.45, 2.75) is 19.4 Å². The van der Waals surface area contributed by atoms with Crippen LogP contribution < -0.4 is 5.73 Å². The van der Waals surface area contributed by atoms with Gasteiger partial charge in [0.15, 0.2) is 0 Å². The molecule has 0 bridgehead atoms. The van der Waals surface area contributed by atoms with Gasteiger partial charge in [-0.2, -0.15) is 13.8 Å². The minimum Gasteiger partial charge on any atom is -0.322 e. The van der Waals surface area contributed by atoms with Gasteiger partial charge in [0.05, 0.1) is 35.4 Å². The van der Waals surface area contributed by atoms with E-state index >= 15 is 0 Å². The number of nitrogens with two attached hydrogens (primary N) is 1. The Morgan fingerprint density at radius 1 is 1.62 bits per heavy atom. The van der Waals surface area contributed by atoms with E-state index in [2.05, 4.69) is 13.8 Å². The molecule has 0 amide bonds. The predicted molar refractivity (Wildman–Crippen MR) is 63.5 cm³/mol. The number of nitrogens with zero attached hydrogens (tertiary/aromatic N) is 4. The molecule has 0 saturated heterocycles. The molecule has 0 fully saturated rings. The van der Waals surface area contributed by atoms with Crippen LogP contribution in [0.15, 0.2) is 6.20 Å². The molecule has 1 atom stereocenters. The quantitative estimate of drug-likeness (QED) is 0.904. The maximum absolute atomic E-state index is 6.13. The van der Waals surface area contributed by atoms with Crippen molar-refractivity contribution in [2.24, 2.45) is 12.8 Å². The largest absolute Gasteiger partial charge is 0.322 e. The van der Waals surface area contributed by atoms with Crippen LogP contribution in [0.4, 0.5) is 0 Å². The number of aryl methyl sites for hydroxylation is 2. The Bertz CT molecular complexity index is 478. The van der Waals surface area contributed by atoms with Crippen LogP contribution in [-0.2, 0) is 13.5 Å². The summed E-state index contributed by atoms with van der Waals surface area (Å²) in [5.74, 6) is 0. The number of halogens is 1. The van der Waals surface area contributed by atoms with E-state index in [0.29, 0.717) is 11.6 Å². The van der Waals surface area contributed by atoms with Crippen molar-refractivity contribution in [3.05, 3.63) is 28.3 Å². The second-order valence-corrected chi connectivity index (χ2v) is 4.54. The van der Waals surface area contributed by atoms with Gasteiger partial charge >= 0.3 is 0 Å². The van der Waals surface area contributed by atoms with E-state index in [9.17, 15) is 0 Å². The van der Waals surface area contributed by atoms with Crippen molar-refractivity contribution < 1.29 is 0 Å². The van der Waals surface area contributed by atoms with Crippen molar-refractivity contribution in [3.8, 4) is 0 Å². The molecule has 2 rings (SSSR count). The second-order valence-electron chi connectivity index (χ2n) is 3.62. The molecule has 86 valence electrons. The topological polar surface area (TPSA) is 69.6 Å². The third-order valence-electron chi connectivity index (χ3n) is 2.45. The fourth-order valence-corrected chi connectivity index (χ4v) is 2.30. The zero-order chi connectivity index (χ0) is 11.7. The lowest BCUT2D eigenvalue weighted by Gasteiger charge is -2.07. The van der Waals surface area contributed by atoms with Crippen LogP contribution >= 0.6 is 23.3 Å². The minimum atomic E-state index is -0.181. The van der Waals surface area contributed by atoms with Crippen LogP contribution in [-0.4, -0.2) is 18.5 Å². The summed E-state index contributed by atoms with van der Waals surface area (Å²) in [5, 5.41) is 4.88. The average molecular weight is 258 g/mol. The molecule has 0 radical (unpaired) electrons.